The summed E-state index contributed by atoms with van der Waals surface area (Å²) in [5, 5.41) is 11.3. The van der Waals surface area contributed by atoms with Gasteiger partial charge in [0, 0.05) is 99.3 Å². The zero-order valence-corrected chi connectivity index (χ0v) is 30.4. The van der Waals surface area contributed by atoms with Crippen LogP contribution in [0.2, 0.25) is 0 Å². The smallest absolute Gasteiger partial charge is 0.352 e. The fourth-order valence-corrected chi connectivity index (χ4v) is 6.15. The minimum absolute atomic E-state index is 0.0583. The van der Waals surface area contributed by atoms with Crippen molar-refractivity contribution in [2.75, 3.05) is 39.6 Å². The first-order valence-corrected chi connectivity index (χ1v) is 22.2. The zero-order valence-electron chi connectivity index (χ0n) is 24.7. The molecule has 2 atom stereocenters. The largest absolute Gasteiger partial charge is 0.477 e. The third-order valence-electron chi connectivity index (χ3n) is 5.94. The van der Waals surface area contributed by atoms with Crippen LogP contribution in [0.15, 0.2) is 60.7 Å². The highest BCUT2D eigenvalue weighted by molar-refractivity contribution is 14.2. The minimum Gasteiger partial charge on any atom is -0.477 e. The van der Waals surface area contributed by atoms with Crippen molar-refractivity contribution in [2.45, 2.75) is 20.0 Å². The van der Waals surface area contributed by atoms with Gasteiger partial charge in [-0.2, -0.15) is 0 Å². The summed E-state index contributed by atoms with van der Waals surface area (Å²) in [6.45, 7) is 5.49. The Morgan fingerprint density at radius 1 is 0.786 bits per heavy atom. The number of nitrogens with zero attached hydrogens (tertiary/aromatic N) is 2. The Labute approximate surface area is 280 Å². The second-order valence-electron chi connectivity index (χ2n) is 8.62. The number of carboxylic acids is 1. The predicted octanol–water partition coefficient (Wildman–Crippen LogP) is 7.13. The van der Waals surface area contributed by atoms with E-state index in [1.165, 1.54) is 0 Å². The molecule has 42 heavy (non-hydrogen) atoms. The second-order valence-corrected chi connectivity index (χ2v) is 20.9. The van der Waals surface area contributed by atoms with E-state index in [4.69, 9.17) is 20.4 Å². The fraction of sp³-hybridized carbons (Fsp3) is 0.333. The molecule has 0 aliphatic rings. The van der Waals surface area contributed by atoms with Gasteiger partial charge in [-0.3, -0.25) is 4.79 Å². The van der Waals surface area contributed by atoms with Gasteiger partial charge in [0.1, 0.15) is 8.25 Å². The minimum atomic E-state index is -0.942. The molecule has 0 radical (unpaired) electrons. The van der Waals surface area contributed by atoms with Gasteiger partial charge in [-0.05, 0) is 24.3 Å². The number of aromatic nitrogens is 2. The maximum absolute atomic E-state index is 11.8. The third-order valence-corrected chi connectivity index (χ3v) is 8.82. The van der Waals surface area contributed by atoms with E-state index in [1.54, 1.807) is 17.6 Å². The molecule has 4 rings (SSSR count). The molecule has 0 aliphatic carbocycles. The van der Waals surface area contributed by atoms with Gasteiger partial charge in [-0.15, -0.1) is 0 Å². The van der Waals surface area contributed by atoms with Crippen LogP contribution in [0, 0.1) is 0 Å². The second kappa shape index (κ2) is 18.9. The predicted molar refractivity (Wildman–Crippen MR) is 194 cm³/mol. The monoisotopic (exact) mass is 880 g/mol. The van der Waals surface area contributed by atoms with Crippen molar-refractivity contribution in [2.24, 2.45) is 0 Å². The van der Waals surface area contributed by atoms with E-state index in [0.29, 0.717) is 74.3 Å². The number of hydrogen-bond acceptors (Lipinski definition) is 6. The summed E-state index contributed by atoms with van der Waals surface area (Å²) in [6, 6.07) is 19.1. The van der Waals surface area contributed by atoms with E-state index in [9.17, 15) is 14.7 Å². The summed E-state index contributed by atoms with van der Waals surface area (Å²) in [4.78, 5) is 23.1. The van der Waals surface area contributed by atoms with Gasteiger partial charge in [-0.25, -0.2) is 4.79 Å². The van der Waals surface area contributed by atoms with E-state index >= 15 is 0 Å². The summed E-state index contributed by atoms with van der Waals surface area (Å²) in [5.74, 6) is -0.883. The molecule has 15 heteroatoms. The number of halogens is 2. The van der Waals surface area contributed by atoms with Gasteiger partial charge >= 0.3 is 5.97 Å². The van der Waals surface area contributed by atoms with Crippen molar-refractivity contribution in [1.29, 1.82) is 2.56 Å². The van der Waals surface area contributed by atoms with Crippen molar-refractivity contribution in [3.8, 4) is 0 Å². The molecule has 0 aliphatic heterocycles. The molecule has 0 saturated heterocycles. The molecule has 2 unspecified atom stereocenters. The van der Waals surface area contributed by atoms with Crippen molar-refractivity contribution < 1.29 is 32.5 Å². The third kappa shape index (κ3) is 11.3. The number of fused-ring (bicyclic) bond motifs is 2. The van der Waals surface area contributed by atoms with Crippen LogP contribution in [0.3, 0.4) is 0 Å². The number of carbonyl (C=O) groups is 2. The molecule has 0 spiro atoms. The first-order chi connectivity index (χ1) is 21.3. The number of para-hydroxylation sites is 2. The molecule has 228 valence electrons. The van der Waals surface area contributed by atoms with Gasteiger partial charge < -0.3 is 32.1 Å². The summed E-state index contributed by atoms with van der Waals surface area (Å²) in [6.07, 6.45) is 0. The number of aromatic carboxylic acids is 1. The number of Topliss-reactive ketones (excluding diaryl/α,β-unsaturated/α-hetero) is 1. The van der Waals surface area contributed by atoms with E-state index in [1.807, 2.05) is 59.2 Å². The van der Waals surface area contributed by atoms with E-state index in [0.717, 1.165) is 21.8 Å². The molecule has 0 amide bonds. The number of rotatable bonds is 16. The number of ketones is 1. The van der Waals surface area contributed by atoms with Crippen LogP contribution in [-0.4, -0.2) is 68.2 Å². The summed E-state index contributed by atoms with van der Waals surface area (Å²) >= 11 is 4.18. The van der Waals surface area contributed by atoms with E-state index in [2.05, 4.69) is 42.4 Å². The lowest BCUT2D eigenvalue weighted by molar-refractivity contribution is 0.0677. The summed E-state index contributed by atoms with van der Waals surface area (Å²) in [5.41, 5.74) is 2.92. The Bertz CT molecular complexity index is 1500. The van der Waals surface area contributed by atoms with Gasteiger partial charge in [0.2, 0.25) is 0 Å². The first-order valence-electron chi connectivity index (χ1n) is 13.6. The Kier molecular flexibility index (Phi) is 14.7. The topological polar surface area (TPSA) is 101 Å². The Balaban J connectivity index is 0.000000240. The number of benzene rings is 2. The quantitative estimate of drug-likeness (QED) is 0.0554. The Morgan fingerprint density at radius 2 is 1.24 bits per heavy atom. The van der Waals surface area contributed by atoms with Crippen molar-refractivity contribution >= 4 is 107 Å². The molecular weight excluding hydrogens is 844 g/mol. The van der Waals surface area contributed by atoms with Gasteiger partial charge in [0.25, 0.3) is 0 Å². The van der Waals surface area contributed by atoms with Gasteiger partial charge in [-0.1, -0.05) is 52.3 Å². The van der Waals surface area contributed by atoms with E-state index in [-0.39, 0.29) is 19.0 Å². The molecule has 0 bridgehead atoms. The van der Waals surface area contributed by atoms with Crippen LogP contribution in [0.5, 0.6) is 0 Å². The number of ether oxygens (including phenoxy) is 2. The Morgan fingerprint density at radius 3 is 1.69 bits per heavy atom. The normalized spacial score (nSPS) is 13.5. The SMILES string of the molecule is [3H]P=S(I)OCCOCCn1c(C(=O)O)cc2ccccc21.[3H]P=S(I)OCCOCCn1c(C(C)=O)cc2ccccc21. The number of hydrogen-bond donors (Lipinski definition) is 1. The molecule has 2 aromatic heterocycles. The molecule has 2 heterocycles. The molecule has 2 aromatic carbocycles. The van der Waals surface area contributed by atoms with Crippen molar-refractivity contribution in [3.05, 3.63) is 72.1 Å². The van der Waals surface area contributed by atoms with Gasteiger partial charge in [0.15, 0.2) is 5.78 Å². The average molecular weight is 880 g/mol. The van der Waals surface area contributed by atoms with Crippen molar-refractivity contribution in [3.63, 3.8) is 0 Å². The lowest BCUT2D eigenvalue weighted by atomic mass is 10.2. The standard InChI is InChI=1S/C14H17INO3PS.C13H15INO4PS/c1-11(17)14-10-12-4-2-3-5-13(12)16(14)6-7-18-8-9-19-21(15)20;14-21(20)19-8-7-18-6-5-15-11-4-2-1-3-10(11)9-12(15)13(16)17/h2-5,10,20H,6-9H2,1H3;1-4,9,20H,5-8H2,(H,16,17)/i2*20T. The van der Waals surface area contributed by atoms with Crippen LogP contribution in [0.25, 0.3) is 21.8 Å². The first kappa shape index (κ1) is 32.6. The van der Waals surface area contributed by atoms with Crippen LogP contribution in [0.1, 0.15) is 27.9 Å². The molecular formula is C27H32I2N2O7P2S2. The van der Waals surface area contributed by atoms with Crippen LogP contribution < -0.4 is 0 Å². The van der Waals surface area contributed by atoms with E-state index < -0.39 is 13.5 Å². The highest BCUT2D eigenvalue weighted by Gasteiger charge is 2.14. The molecule has 0 fully saturated rings. The van der Waals surface area contributed by atoms with Crippen LogP contribution in [0.4, 0.5) is 0 Å². The van der Waals surface area contributed by atoms with Crippen LogP contribution in [-0.2, 0) is 46.0 Å². The highest BCUT2D eigenvalue weighted by atomic mass is 127. The van der Waals surface area contributed by atoms with Crippen LogP contribution >= 0.6 is 58.3 Å². The lowest BCUT2D eigenvalue weighted by Crippen LogP contribution is -2.13. The summed E-state index contributed by atoms with van der Waals surface area (Å²) in [7, 11) is 0.209. The number of carboxylic acid groups (broad SMARTS) is 1. The van der Waals surface area contributed by atoms with Gasteiger partial charge in [0.05, 0.1) is 45.3 Å². The zero-order chi connectivity index (χ0) is 31.9. The van der Waals surface area contributed by atoms with Crippen molar-refractivity contribution in [1.82, 2.24) is 9.13 Å². The maximum atomic E-state index is 11.8. The number of carbonyl (C=O) groups excluding carboxylic acids is 1. The molecule has 1 N–H and O–H groups in total. The maximum Gasteiger partial charge on any atom is 0.352 e. The average Bonchev–Trinajstić information content (AvgIpc) is 3.59. The molecule has 9 nitrogen and oxygen atoms in total. The highest BCUT2D eigenvalue weighted by Crippen LogP contribution is 2.21. The molecule has 0 saturated carbocycles. The Hall–Kier alpha value is -0.740. The lowest BCUT2D eigenvalue weighted by Gasteiger charge is -2.10. The summed E-state index contributed by atoms with van der Waals surface area (Å²) < 4.78 is 39.8. The fourth-order valence-electron chi connectivity index (χ4n) is 4.21. The molecule has 4 aromatic rings.